The van der Waals surface area contributed by atoms with Crippen molar-refractivity contribution in [3.63, 3.8) is 0 Å². The van der Waals surface area contributed by atoms with Gasteiger partial charge in [-0.3, -0.25) is 4.79 Å². The van der Waals surface area contributed by atoms with Crippen LogP contribution in [0.3, 0.4) is 0 Å². The van der Waals surface area contributed by atoms with Crippen LogP contribution in [0.25, 0.3) is 11.4 Å². The molecular weight excluding hydrogens is 290 g/mol. The van der Waals surface area contributed by atoms with Crippen LogP contribution in [-0.2, 0) is 13.6 Å². The number of benzene rings is 1. The lowest BCUT2D eigenvalue weighted by Gasteiger charge is -2.09. The van der Waals surface area contributed by atoms with E-state index in [1.165, 1.54) is 0 Å². The number of amides is 1. The van der Waals surface area contributed by atoms with Crippen LogP contribution in [0.5, 0.6) is 0 Å². The van der Waals surface area contributed by atoms with Gasteiger partial charge in [0.2, 0.25) is 0 Å². The van der Waals surface area contributed by atoms with Gasteiger partial charge < -0.3 is 14.5 Å². The molecule has 6 nitrogen and oxygen atoms in total. The number of anilines is 1. The van der Waals surface area contributed by atoms with Gasteiger partial charge in [-0.15, -0.1) is 10.2 Å². The summed E-state index contributed by atoms with van der Waals surface area (Å²) >= 11 is 0. The van der Waals surface area contributed by atoms with Crippen molar-refractivity contribution in [3.05, 3.63) is 54.1 Å². The van der Waals surface area contributed by atoms with Gasteiger partial charge in [0, 0.05) is 30.5 Å². The lowest BCUT2D eigenvalue weighted by molar-refractivity contribution is 0.101. The maximum Gasteiger partial charge on any atom is 0.272 e. The molecule has 118 valence electrons. The summed E-state index contributed by atoms with van der Waals surface area (Å²) in [5.74, 6) is 0.660. The Morgan fingerprint density at radius 3 is 2.78 bits per heavy atom. The number of aromatic nitrogens is 4. The topological polar surface area (TPSA) is 64.7 Å². The zero-order valence-electron chi connectivity index (χ0n) is 13.4. The molecule has 0 aliphatic carbocycles. The van der Waals surface area contributed by atoms with E-state index in [0.29, 0.717) is 5.69 Å². The van der Waals surface area contributed by atoms with Gasteiger partial charge in [-0.2, -0.15) is 0 Å². The first-order valence-corrected chi connectivity index (χ1v) is 7.52. The molecule has 3 rings (SSSR count). The molecule has 6 heteroatoms. The highest BCUT2D eigenvalue weighted by molar-refractivity contribution is 6.03. The molecule has 0 aliphatic rings. The van der Waals surface area contributed by atoms with E-state index in [2.05, 4.69) is 15.5 Å². The molecule has 0 saturated heterocycles. The molecule has 23 heavy (non-hydrogen) atoms. The van der Waals surface area contributed by atoms with Crippen LogP contribution in [0.15, 0.2) is 42.7 Å². The Morgan fingerprint density at radius 1 is 1.26 bits per heavy atom. The van der Waals surface area contributed by atoms with Crippen LogP contribution in [0, 0.1) is 6.92 Å². The van der Waals surface area contributed by atoms with Crippen molar-refractivity contribution in [2.75, 3.05) is 5.32 Å². The second-order valence-corrected chi connectivity index (χ2v) is 5.39. The molecule has 0 atom stereocenters. The van der Waals surface area contributed by atoms with Crippen molar-refractivity contribution in [3.8, 4) is 11.4 Å². The van der Waals surface area contributed by atoms with Gasteiger partial charge in [0.15, 0.2) is 5.82 Å². The van der Waals surface area contributed by atoms with E-state index < -0.39 is 0 Å². The monoisotopic (exact) mass is 309 g/mol. The molecule has 0 saturated carbocycles. The minimum atomic E-state index is -0.130. The van der Waals surface area contributed by atoms with E-state index in [4.69, 9.17) is 0 Å². The Bertz CT molecular complexity index is 846. The number of hydrogen-bond donors (Lipinski definition) is 1. The summed E-state index contributed by atoms with van der Waals surface area (Å²) in [5.41, 5.74) is 3.33. The largest absolute Gasteiger partial charge is 0.344 e. The normalized spacial score (nSPS) is 10.7. The third-order valence-corrected chi connectivity index (χ3v) is 3.94. The van der Waals surface area contributed by atoms with Crippen molar-refractivity contribution in [1.82, 2.24) is 19.3 Å². The second-order valence-electron chi connectivity index (χ2n) is 5.39. The van der Waals surface area contributed by atoms with Gasteiger partial charge in [0.1, 0.15) is 12.0 Å². The van der Waals surface area contributed by atoms with E-state index in [-0.39, 0.29) is 5.91 Å². The average molecular weight is 309 g/mol. The van der Waals surface area contributed by atoms with E-state index >= 15 is 0 Å². The standard InChI is InChI=1S/C17H19N5O/c1-4-22-11-18-20-16(22)13-6-5-7-14(10-13)19-17(23)15-9-8-12(2)21(15)3/h5-11H,4H2,1-3H3,(H,19,23). The third-order valence-electron chi connectivity index (χ3n) is 3.94. The van der Waals surface area contributed by atoms with Crippen molar-refractivity contribution < 1.29 is 4.79 Å². The summed E-state index contributed by atoms with van der Waals surface area (Å²) in [6, 6.07) is 11.4. The number of rotatable bonds is 4. The summed E-state index contributed by atoms with van der Waals surface area (Å²) in [6.45, 7) is 4.80. The summed E-state index contributed by atoms with van der Waals surface area (Å²) in [4.78, 5) is 12.4. The fourth-order valence-electron chi connectivity index (χ4n) is 2.48. The molecule has 0 fully saturated rings. The fraction of sp³-hybridized carbons (Fsp3) is 0.235. The molecule has 2 heterocycles. The Morgan fingerprint density at radius 2 is 2.09 bits per heavy atom. The Labute approximate surface area is 134 Å². The van der Waals surface area contributed by atoms with Crippen molar-refractivity contribution in [2.45, 2.75) is 20.4 Å². The van der Waals surface area contributed by atoms with Crippen LogP contribution in [0.2, 0.25) is 0 Å². The van der Waals surface area contributed by atoms with Crippen molar-refractivity contribution in [2.24, 2.45) is 7.05 Å². The first kappa shape index (κ1) is 15.0. The van der Waals surface area contributed by atoms with E-state index in [1.807, 2.05) is 66.4 Å². The van der Waals surface area contributed by atoms with Crippen LogP contribution in [-0.4, -0.2) is 25.2 Å². The summed E-state index contributed by atoms with van der Waals surface area (Å²) in [7, 11) is 1.88. The predicted octanol–water partition coefficient (Wildman–Crippen LogP) is 2.86. The predicted molar refractivity (Wildman–Crippen MR) is 89.2 cm³/mol. The molecule has 0 unspecified atom stereocenters. The number of nitrogens with one attached hydrogen (secondary N) is 1. The SMILES string of the molecule is CCn1cnnc1-c1cccc(NC(=O)c2ccc(C)n2C)c1. The second kappa shape index (κ2) is 6.08. The van der Waals surface area contributed by atoms with Crippen molar-refractivity contribution in [1.29, 1.82) is 0 Å². The van der Waals surface area contributed by atoms with Gasteiger partial charge >= 0.3 is 0 Å². The minimum Gasteiger partial charge on any atom is -0.344 e. The summed E-state index contributed by atoms with van der Waals surface area (Å²) in [5, 5.41) is 11.0. The average Bonchev–Trinajstić information content (AvgIpc) is 3.15. The zero-order valence-corrected chi connectivity index (χ0v) is 13.4. The highest BCUT2D eigenvalue weighted by atomic mass is 16.1. The quantitative estimate of drug-likeness (QED) is 0.806. The molecule has 1 aromatic carbocycles. The number of aryl methyl sites for hydroxylation is 2. The molecular formula is C17H19N5O. The van der Waals surface area contributed by atoms with Crippen LogP contribution in [0.1, 0.15) is 23.1 Å². The highest BCUT2D eigenvalue weighted by Crippen LogP contribution is 2.21. The molecule has 0 spiro atoms. The first-order valence-electron chi connectivity index (χ1n) is 7.52. The molecule has 0 radical (unpaired) electrons. The Hall–Kier alpha value is -2.89. The van der Waals surface area contributed by atoms with Gasteiger partial charge in [0.05, 0.1) is 0 Å². The van der Waals surface area contributed by atoms with Gasteiger partial charge in [-0.05, 0) is 38.1 Å². The number of carbonyl (C=O) groups is 1. The number of nitrogens with zero attached hydrogens (tertiary/aromatic N) is 4. The van der Waals surface area contributed by atoms with Gasteiger partial charge in [0.25, 0.3) is 5.91 Å². The van der Waals surface area contributed by atoms with E-state index in [1.54, 1.807) is 6.33 Å². The fourth-order valence-corrected chi connectivity index (χ4v) is 2.48. The Balaban J connectivity index is 1.86. The van der Waals surface area contributed by atoms with E-state index in [0.717, 1.165) is 29.3 Å². The number of hydrogen-bond acceptors (Lipinski definition) is 3. The summed E-state index contributed by atoms with van der Waals surface area (Å²) < 4.78 is 3.83. The molecule has 3 aromatic rings. The lowest BCUT2D eigenvalue weighted by Crippen LogP contribution is -2.16. The highest BCUT2D eigenvalue weighted by Gasteiger charge is 2.12. The van der Waals surface area contributed by atoms with Gasteiger partial charge in [-0.25, -0.2) is 0 Å². The van der Waals surface area contributed by atoms with Crippen LogP contribution < -0.4 is 5.32 Å². The van der Waals surface area contributed by atoms with Crippen LogP contribution in [0.4, 0.5) is 5.69 Å². The molecule has 0 bridgehead atoms. The maximum atomic E-state index is 12.4. The molecule has 1 amide bonds. The van der Waals surface area contributed by atoms with Crippen molar-refractivity contribution >= 4 is 11.6 Å². The van der Waals surface area contributed by atoms with E-state index in [9.17, 15) is 4.79 Å². The summed E-state index contributed by atoms with van der Waals surface area (Å²) in [6.07, 6.45) is 1.70. The smallest absolute Gasteiger partial charge is 0.272 e. The maximum absolute atomic E-state index is 12.4. The zero-order chi connectivity index (χ0) is 16.4. The Kier molecular flexibility index (Phi) is 3.97. The molecule has 0 aliphatic heterocycles. The number of carbonyl (C=O) groups excluding carboxylic acids is 1. The van der Waals surface area contributed by atoms with Crippen LogP contribution >= 0.6 is 0 Å². The first-order chi connectivity index (χ1) is 11.1. The van der Waals surface area contributed by atoms with Gasteiger partial charge in [-0.1, -0.05) is 12.1 Å². The molecule has 2 aromatic heterocycles. The third kappa shape index (κ3) is 2.88. The molecule has 1 N–H and O–H groups in total. The lowest BCUT2D eigenvalue weighted by atomic mass is 10.2. The minimum absolute atomic E-state index is 0.130.